The fourth-order valence-corrected chi connectivity index (χ4v) is 2.34. The largest absolute Gasteiger partial charge is 0.327 e. The Morgan fingerprint density at radius 2 is 2.38 bits per heavy atom. The number of aryl methyl sites for hydroxylation is 1. The van der Waals surface area contributed by atoms with E-state index in [1.165, 1.54) is 17.8 Å². The second-order valence-corrected chi connectivity index (χ2v) is 5.18. The molecule has 4 heteroatoms. The summed E-state index contributed by atoms with van der Waals surface area (Å²) in [6.45, 7) is 6.14. The predicted octanol–water partition coefficient (Wildman–Crippen LogP) is 2.10. The summed E-state index contributed by atoms with van der Waals surface area (Å²) >= 11 is 1.74. The zero-order chi connectivity index (χ0) is 11.8. The van der Waals surface area contributed by atoms with Gasteiger partial charge in [0.15, 0.2) is 0 Å². The Bertz CT molecular complexity index is 286. The minimum absolute atomic E-state index is 0.304. The van der Waals surface area contributed by atoms with Gasteiger partial charge in [0, 0.05) is 36.6 Å². The van der Waals surface area contributed by atoms with Gasteiger partial charge in [-0.1, -0.05) is 19.8 Å². The molecule has 0 spiro atoms. The highest BCUT2D eigenvalue weighted by molar-refractivity contribution is 7.09. The van der Waals surface area contributed by atoms with Crippen LogP contribution in [0.15, 0.2) is 5.38 Å². The Balaban J connectivity index is 2.03. The van der Waals surface area contributed by atoms with E-state index in [1.54, 1.807) is 11.3 Å². The number of unbranched alkanes of at least 4 members (excludes halogenated alkanes) is 1. The molecule has 0 aliphatic rings. The van der Waals surface area contributed by atoms with Crippen molar-refractivity contribution >= 4 is 11.3 Å². The molecule has 1 heterocycles. The van der Waals surface area contributed by atoms with Gasteiger partial charge in [-0.15, -0.1) is 11.3 Å². The molecule has 1 aromatic rings. The summed E-state index contributed by atoms with van der Waals surface area (Å²) in [6, 6.07) is 0.304. The quantitative estimate of drug-likeness (QED) is 0.685. The highest BCUT2D eigenvalue weighted by Crippen LogP contribution is 2.08. The Labute approximate surface area is 102 Å². The van der Waals surface area contributed by atoms with Crippen LogP contribution in [0.1, 0.15) is 36.9 Å². The van der Waals surface area contributed by atoms with Crippen molar-refractivity contribution in [3.05, 3.63) is 16.1 Å². The fourth-order valence-electron chi connectivity index (χ4n) is 1.57. The van der Waals surface area contributed by atoms with E-state index in [0.717, 1.165) is 31.6 Å². The summed E-state index contributed by atoms with van der Waals surface area (Å²) in [6.07, 6.45) is 4.60. The minimum atomic E-state index is 0.304. The van der Waals surface area contributed by atoms with Crippen LogP contribution in [0.3, 0.4) is 0 Å². The molecule has 0 aromatic carbocycles. The van der Waals surface area contributed by atoms with Crippen molar-refractivity contribution in [2.75, 3.05) is 13.1 Å². The van der Waals surface area contributed by atoms with Crippen molar-refractivity contribution in [1.82, 2.24) is 10.3 Å². The first-order valence-electron chi connectivity index (χ1n) is 6.09. The molecule has 16 heavy (non-hydrogen) atoms. The van der Waals surface area contributed by atoms with Gasteiger partial charge in [-0.3, -0.25) is 0 Å². The Morgan fingerprint density at radius 1 is 1.56 bits per heavy atom. The lowest BCUT2D eigenvalue weighted by Crippen LogP contribution is -2.34. The molecule has 0 aliphatic carbocycles. The number of rotatable bonds is 8. The lowest BCUT2D eigenvalue weighted by Gasteiger charge is -2.11. The Kier molecular flexibility index (Phi) is 6.61. The Morgan fingerprint density at radius 3 is 3.00 bits per heavy atom. The first kappa shape index (κ1) is 13.6. The van der Waals surface area contributed by atoms with E-state index in [0.29, 0.717) is 6.04 Å². The monoisotopic (exact) mass is 241 g/mol. The zero-order valence-electron chi connectivity index (χ0n) is 10.3. The maximum atomic E-state index is 5.97. The van der Waals surface area contributed by atoms with Crippen molar-refractivity contribution in [1.29, 1.82) is 0 Å². The van der Waals surface area contributed by atoms with Gasteiger partial charge in [0.1, 0.15) is 0 Å². The summed E-state index contributed by atoms with van der Waals surface area (Å²) < 4.78 is 0. The molecule has 1 rings (SSSR count). The zero-order valence-corrected chi connectivity index (χ0v) is 11.1. The highest BCUT2D eigenvalue weighted by atomic mass is 32.1. The van der Waals surface area contributed by atoms with Crippen molar-refractivity contribution in [3.8, 4) is 0 Å². The van der Waals surface area contributed by atoms with E-state index >= 15 is 0 Å². The first-order chi connectivity index (χ1) is 7.72. The van der Waals surface area contributed by atoms with E-state index in [1.807, 2.05) is 6.92 Å². The van der Waals surface area contributed by atoms with Crippen molar-refractivity contribution in [2.45, 2.75) is 45.6 Å². The normalized spacial score (nSPS) is 12.9. The second kappa shape index (κ2) is 7.76. The molecule has 3 N–H and O–H groups in total. The number of hydrogen-bond acceptors (Lipinski definition) is 4. The van der Waals surface area contributed by atoms with Crippen molar-refractivity contribution in [3.63, 3.8) is 0 Å². The van der Waals surface area contributed by atoms with Gasteiger partial charge in [-0.25, -0.2) is 4.98 Å². The van der Waals surface area contributed by atoms with Gasteiger partial charge in [0.05, 0.1) is 5.01 Å². The predicted molar refractivity (Wildman–Crippen MR) is 70.9 cm³/mol. The molecule has 0 saturated carbocycles. The molecule has 1 atom stereocenters. The summed E-state index contributed by atoms with van der Waals surface area (Å²) in [5.74, 6) is 0. The molecule has 0 bridgehead atoms. The number of aromatic nitrogens is 1. The maximum Gasteiger partial charge on any atom is 0.0940 e. The lowest BCUT2D eigenvalue weighted by molar-refractivity contribution is 0.526. The van der Waals surface area contributed by atoms with Gasteiger partial charge >= 0.3 is 0 Å². The SMILES string of the molecule is CCCCC(N)CNCCc1nc(C)cs1. The average Bonchev–Trinajstić information content (AvgIpc) is 2.67. The molecule has 1 unspecified atom stereocenters. The van der Waals surface area contributed by atoms with Crippen LogP contribution < -0.4 is 11.1 Å². The third kappa shape index (κ3) is 5.58. The molecular weight excluding hydrogens is 218 g/mol. The fraction of sp³-hybridized carbons (Fsp3) is 0.750. The summed E-state index contributed by atoms with van der Waals surface area (Å²) in [4.78, 5) is 4.42. The number of nitrogens with two attached hydrogens (primary N) is 1. The van der Waals surface area contributed by atoms with Crippen molar-refractivity contribution in [2.24, 2.45) is 5.73 Å². The Hall–Kier alpha value is -0.450. The van der Waals surface area contributed by atoms with E-state index in [9.17, 15) is 0 Å². The summed E-state index contributed by atoms with van der Waals surface area (Å²) in [5.41, 5.74) is 7.09. The van der Waals surface area contributed by atoms with Crippen LogP contribution in [-0.2, 0) is 6.42 Å². The summed E-state index contributed by atoms with van der Waals surface area (Å²) in [7, 11) is 0. The molecule has 0 saturated heterocycles. The molecule has 0 amide bonds. The third-order valence-corrected chi connectivity index (χ3v) is 3.54. The molecule has 0 fully saturated rings. The number of nitrogens with zero attached hydrogens (tertiary/aromatic N) is 1. The number of nitrogens with one attached hydrogen (secondary N) is 1. The van der Waals surface area contributed by atoms with Crippen LogP contribution in [0.2, 0.25) is 0 Å². The van der Waals surface area contributed by atoms with E-state index < -0.39 is 0 Å². The van der Waals surface area contributed by atoms with E-state index in [2.05, 4.69) is 22.6 Å². The molecule has 92 valence electrons. The standard InChI is InChI=1S/C12H23N3S/c1-3-4-5-11(13)8-14-7-6-12-15-10(2)9-16-12/h9,11,14H,3-8,13H2,1-2H3. The second-order valence-electron chi connectivity index (χ2n) is 4.24. The maximum absolute atomic E-state index is 5.97. The van der Waals surface area contributed by atoms with Crippen LogP contribution in [0, 0.1) is 6.92 Å². The smallest absolute Gasteiger partial charge is 0.0940 e. The first-order valence-corrected chi connectivity index (χ1v) is 6.97. The average molecular weight is 241 g/mol. The van der Waals surface area contributed by atoms with Crippen LogP contribution in [-0.4, -0.2) is 24.1 Å². The molecule has 0 aliphatic heterocycles. The van der Waals surface area contributed by atoms with E-state index in [4.69, 9.17) is 5.73 Å². The third-order valence-electron chi connectivity index (χ3n) is 2.52. The van der Waals surface area contributed by atoms with Crippen LogP contribution in [0.25, 0.3) is 0 Å². The lowest BCUT2D eigenvalue weighted by atomic mass is 10.1. The van der Waals surface area contributed by atoms with Crippen LogP contribution >= 0.6 is 11.3 Å². The van der Waals surface area contributed by atoms with Crippen molar-refractivity contribution < 1.29 is 0 Å². The van der Waals surface area contributed by atoms with E-state index in [-0.39, 0.29) is 0 Å². The molecular formula is C12H23N3S. The molecule has 1 aromatic heterocycles. The minimum Gasteiger partial charge on any atom is -0.327 e. The summed E-state index contributed by atoms with van der Waals surface area (Å²) in [5, 5.41) is 6.71. The van der Waals surface area contributed by atoms with Gasteiger partial charge in [0.25, 0.3) is 0 Å². The number of thiazole rings is 1. The molecule has 0 radical (unpaired) electrons. The van der Waals surface area contributed by atoms with Gasteiger partial charge in [-0.05, 0) is 13.3 Å². The van der Waals surface area contributed by atoms with Crippen LogP contribution in [0.4, 0.5) is 0 Å². The number of hydrogen-bond donors (Lipinski definition) is 2. The molecule has 3 nitrogen and oxygen atoms in total. The highest BCUT2D eigenvalue weighted by Gasteiger charge is 2.02. The van der Waals surface area contributed by atoms with Crippen LogP contribution in [0.5, 0.6) is 0 Å². The van der Waals surface area contributed by atoms with Gasteiger partial charge in [-0.2, -0.15) is 0 Å². The van der Waals surface area contributed by atoms with Gasteiger partial charge < -0.3 is 11.1 Å². The topological polar surface area (TPSA) is 50.9 Å². The van der Waals surface area contributed by atoms with Gasteiger partial charge in [0.2, 0.25) is 0 Å².